The first-order valence-corrected chi connectivity index (χ1v) is 16.0. The van der Waals surface area contributed by atoms with Crippen molar-refractivity contribution in [2.75, 3.05) is 12.3 Å². The molecule has 0 amide bonds. The third-order valence-electron chi connectivity index (χ3n) is 6.28. The molecule has 0 N–H and O–H groups in total. The van der Waals surface area contributed by atoms with Gasteiger partial charge in [0, 0.05) is 0 Å². The van der Waals surface area contributed by atoms with Crippen LogP contribution < -0.4 is 24.8 Å². The fourth-order valence-corrected chi connectivity index (χ4v) is 14.4. The molecule has 170 valence electrons. The fourth-order valence-electron chi connectivity index (χ4n) is 5.02. The molecule has 0 heterocycles. The van der Waals surface area contributed by atoms with Gasteiger partial charge in [0.25, 0.3) is 0 Å². The van der Waals surface area contributed by atoms with E-state index in [2.05, 4.69) is 96.2 Å². The van der Waals surface area contributed by atoms with Crippen molar-refractivity contribution >= 4 is 20.1 Å². The molecule has 2 unspecified atom stereocenters. The summed E-state index contributed by atoms with van der Waals surface area (Å²) in [5, 5.41) is 1.84. The van der Waals surface area contributed by atoms with Crippen LogP contribution in [0.15, 0.2) is 47.8 Å². The van der Waals surface area contributed by atoms with Crippen LogP contribution in [0.25, 0.3) is 12.2 Å². The number of hydrogen-bond donors (Lipinski definition) is 0. The van der Waals surface area contributed by atoms with Crippen molar-refractivity contribution in [2.45, 2.75) is 48.8 Å². The van der Waals surface area contributed by atoms with Gasteiger partial charge < -0.3 is 24.8 Å². The minimum absolute atomic E-state index is 0. The summed E-state index contributed by atoms with van der Waals surface area (Å²) in [5.41, 5.74) is 9.27. The van der Waals surface area contributed by atoms with Crippen molar-refractivity contribution in [3.8, 4) is 0 Å². The zero-order valence-electron chi connectivity index (χ0n) is 20.1. The molecule has 2 atom stereocenters. The van der Waals surface area contributed by atoms with Crippen LogP contribution in [0.4, 0.5) is 0 Å². The molecule has 0 saturated carbocycles. The summed E-state index contributed by atoms with van der Waals surface area (Å²) in [6, 6.07) is 13.9. The van der Waals surface area contributed by atoms with E-state index in [4.69, 9.17) is 0 Å². The van der Waals surface area contributed by atoms with E-state index in [0.29, 0.717) is 3.63 Å². The Bertz CT molecular complexity index is 983. The first kappa shape index (κ1) is 28.1. The Hall–Kier alpha value is -0.187. The maximum atomic E-state index is 2.62. The Balaban J connectivity index is 0.00000181. The maximum absolute atomic E-state index is 2.62. The summed E-state index contributed by atoms with van der Waals surface area (Å²) in [7, 11) is -0.0482. The Kier molecular flexibility index (Phi) is 10.5. The van der Waals surface area contributed by atoms with Gasteiger partial charge in [-0.1, -0.05) is 0 Å². The Morgan fingerprint density at radius 3 is 2.16 bits per heavy atom. The minimum atomic E-state index is -0.746. The van der Waals surface area contributed by atoms with Gasteiger partial charge in [0.2, 0.25) is 0 Å². The Labute approximate surface area is 220 Å². The molecule has 0 nitrogen and oxygen atoms in total. The molecular formula is C28H35Cl2PZr. The van der Waals surface area contributed by atoms with Gasteiger partial charge in [-0.3, -0.25) is 0 Å². The molecule has 2 aliphatic rings. The van der Waals surface area contributed by atoms with E-state index in [-0.39, 0.29) is 32.7 Å². The van der Waals surface area contributed by atoms with Gasteiger partial charge in [-0.05, 0) is 0 Å². The van der Waals surface area contributed by atoms with Crippen LogP contribution in [0, 0.1) is 25.7 Å². The predicted octanol–water partition coefficient (Wildman–Crippen LogP) is 2.35. The molecule has 4 heteroatoms. The molecule has 32 heavy (non-hydrogen) atoms. The SMILES string of the molecule is Cc1ccc(C)c2c1C=C[CH]2[Zr+2][CH]1C(P(CC(C)C)CC(C)C)=Cc2ccccc21.[Cl-].[Cl-]. The van der Waals surface area contributed by atoms with Crippen LogP contribution >= 0.6 is 7.92 Å². The van der Waals surface area contributed by atoms with Crippen molar-refractivity contribution in [1.29, 1.82) is 0 Å². The van der Waals surface area contributed by atoms with E-state index in [1.807, 2.05) is 5.31 Å². The van der Waals surface area contributed by atoms with Crippen LogP contribution in [0.3, 0.4) is 0 Å². The Morgan fingerprint density at radius 1 is 0.875 bits per heavy atom. The largest absolute Gasteiger partial charge is 1.00 e. The van der Waals surface area contributed by atoms with E-state index in [1.54, 1.807) is 11.1 Å². The van der Waals surface area contributed by atoms with Crippen LogP contribution in [-0.4, -0.2) is 12.3 Å². The molecule has 0 aromatic heterocycles. The standard InChI is InChI=1S/C17H24P.C11H11.2ClH.Zr/c1-13(2)11-18(12-14(3)4)17-9-15-7-5-6-8-16(15)10-17;1-8-6-7-9(2)11-5-3-4-10(8)11;;;/h5-10,13-14H,11-12H2,1-4H3;3-7H,1-2H3;2*1H;/q;;;;+2/p-2. The number of fused-ring (bicyclic) bond motifs is 2. The first-order chi connectivity index (χ1) is 14.3. The summed E-state index contributed by atoms with van der Waals surface area (Å²) in [6.45, 7) is 14.2. The van der Waals surface area contributed by atoms with E-state index < -0.39 is 23.2 Å². The topological polar surface area (TPSA) is 0 Å². The van der Waals surface area contributed by atoms with E-state index >= 15 is 0 Å². The van der Waals surface area contributed by atoms with Crippen LogP contribution in [0.1, 0.15) is 68.3 Å². The second-order valence-corrected chi connectivity index (χ2v) is 15.9. The molecule has 0 radical (unpaired) electrons. The predicted molar refractivity (Wildman–Crippen MR) is 131 cm³/mol. The monoisotopic (exact) mass is 562 g/mol. The average Bonchev–Trinajstić information content (AvgIpc) is 3.27. The summed E-state index contributed by atoms with van der Waals surface area (Å²) in [5.74, 6) is 1.56. The van der Waals surface area contributed by atoms with Gasteiger partial charge in [0.05, 0.1) is 0 Å². The smallest absolute Gasteiger partial charge is 1.00 e. The zero-order chi connectivity index (χ0) is 21.4. The summed E-state index contributed by atoms with van der Waals surface area (Å²) < 4.78 is 1.45. The molecule has 0 aliphatic heterocycles. The number of rotatable bonds is 7. The van der Waals surface area contributed by atoms with Crippen molar-refractivity contribution < 1.29 is 48.0 Å². The van der Waals surface area contributed by atoms with E-state index in [0.717, 1.165) is 15.5 Å². The summed E-state index contributed by atoms with van der Waals surface area (Å²) in [4.78, 5) is 0. The summed E-state index contributed by atoms with van der Waals surface area (Å²) in [6.07, 6.45) is 10.4. The molecule has 2 aromatic rings. The number of benzene rings is 2. The van der Waals surface area contributed by atoms with Gasteiger partial charge in [0.1, 0.15) is 0 Å². The van der Waals surface area contributed by atoms with E-state index in [1.165, 1.54) is 34.6 Å². The van der Waals surface area contributed by atoms with Crippen LogP contribution in [0.5, 0.6) is 0 Å². The normalized spacial score (nSPS) is 18.2. The molecule has 2 aliphatic carbocycles. The molecule has 0 spiro atoms. The van der Waals surface area contributed by atoms with Gasteiger partial charge >= 0.3 is 197 Å². The number of hydrogen-bond acceptors (Lipinski definition) is 0. The summed E-state index contributed by atoms with van der Waals surface area (Å²) >= 11 is -0.746. The number of aryl methyl sites for hydroxylation is 2. The van der Waals surface area contributed by atoms with Gasteiger partial charge in [0.15, 0.2) is 0 Å². The van der Waals surface area contributed by atoms with Crippen molar-refractivity contribution in [3.63, 3.8) is 0 Å². The van der Waals surface area contributed by atoms with Crippen molar-refractivity contribution in [3.05, 3.63) is 81.2 Å². The minimum Gasteiger partial charge on any atom is -1.00 e. The molecule has 0 fully saturated rings. The van der Waals surface area contributed by atoms with Crippen LogP contribution in [-0.2, 0) is 23.2 Å². The second-order valence-electron chi connectivity index (χ2n) is 9.85. The molecule has 0 saturated heterocycles. The average molecular weight is 565 g/mol. The molecule has 2 aromatic carbocycles. The fraction of sp³-hybridized carbons (Fsp3) is 0.429. The third kappa shape index (κ3) is 5.89. The number of allylic oxidation sites excluding steroid dienone is 2. The van der Waals surface area contributed by atoms with Gasteiger partial charge in [-0.15, -0.1) is 0 Å². The molecular weight excluding hydrogens is 529 g/mol. The zero-order valence-corrected chi connectivity index (χ0v) is 25.0. The Morgan fingerprint density at radius 2 is 1.50 bits per heavy atom. The van der Waals surface area contributed by atoms with Gasteiger partial charge in [-0.25, -0.2) is 0 Å². The maximum Gasteiger partial charge on any atom is -1.00 e. The van der Waals surface area contributed by atoms with Crippen molar-refractivity contribution in [1.82, 2.24) is 0 Å². The first-order valence-electron chi connectivity index (χ1n) is 11.4. The quantitative estimate of drug-likeness (QED) is 0.454. The van der Waals surface area contributed by atoms with Crippen molar-refractivity contribution in [2.24, 2.45) is 11.8 Å². The second kappa shape index (κ2) is 12.0. The third-order valence-corrected chi connectivity index (χ3v) is 14.7. The number of halogens is 2. The van der Waals surface area contributed by atoms with Crippen LogP contribution in [0.2, 0.25) is 0 Å². The molecule has 0 bridgehead atoms. The van der Waals surface area contributed by atoms with E-state index in [9.17, 15) is 0 Å². The van der Waals surface area contributed by atoms with Gasteiger partial charge in [-0.2, -0.15) is 0 Å². The molecule has 4 rings (SSSR count).